The third-order valence-corrected chi connectivity index (χ3v) is 5.15. The number of rotatable bonds is 2. The summed E-state index contributed by atoms with van der Waals surface area (Å²) in [6, 6.07) is 4.40. The van der Waals surface area contributed by atoms with Crippen molar-refractivity contribution >= 4 is 5.78 Å². The quantitative estimate of drug-likeness (QED) is 0.770. The molecule has 2 nitrogen and oxygen atoms in total. The number of carbonyl (C=O) groups is 1. The molecule has 0 radical (unpaired) electrons. The van der Waals surface area contributed by atoms with Gasteiger partial charge in [0.25, 0.3) is 0 Å². The Kier molecular flexibility index (Phi) is 3.41. The van der Waals surface area contributed by atoms with Crippen LogP contribution in [0.2, 0.25) is 0 Å². The molecule has 0 spiro atoms. The van der Waals surface area contributed by atoms with Gasteiger partial charge in [-0.05, 0) is 63.8 Å². The highest BCUT2D eigenvalue weighted by molar-refractivity contribution is 5.99. The fourth-order valence-electron chi connectivity index (χ4n) is 4.06. The maximum absolute atomic E-state index is 14.2. The molecule has 0 amide bonds. The number of ketones is 1. The van der Waals surface area contributed by atoms with E-state index in [1.54, 1.807) is 0 Å². The molecule has 2 bridgehead atoms. The minimum Gasteiger partial charge on any atom is -0.300 e. The molecule has 108 valence electrons. The van der Waals surface area contributed by atoms with Gasteiger partial charge in [0, 0.05) is 18.0 Å². The number of nitrogens with zero attached hydrogens (tertiary/aromatic N) is 1. The number of halogens is 1. The van der Waals surface area contributed by atoms with Gasteiger partial charge in [0.05, 0.1) is 5.56 Å². The summed E-state index contributed by atoms with van der Waals surface area (Å²) in [4.78, 5) is 15.1. The summed E-state index contributed by atoms with van der Waals surface area (Å²) in [6.45, 7) is 3.70. The van der Waals surface area contributed by atoms with Gasteiger partial charge in [-0.15, -0.1) is 0 Å². The maximum atomic E-state index is 14.2. The van der Waals surface area contributed by atoms with Crippen LogP contribution in [0.5, 0.6) is 0 Å². The molecular weight excluding hydrogens is 253 g/mol. The van der Waals surface area contributed by atoms with Crippen LogP contribution >= 0.6 is 0 Å². The predicted molar refractivity (Wildman–Crippen MR) is 77.5 cm³/mol. The zero-order valence-corrected chi connectivity index (χ0v) is 12.4. The van der Waals surface area contributed by atoms with Gasteiger partial charge in [-0.25, -0.2) is 4.39 Å². The molecule has 0 N–H and O–H groups in total. The Hall–Kier alpha value is -1.22. The molecule has 0 saturated carbocycles. The van der Waals surface area contributed by atoms with Gasteiger partial charge in [0.2, 0.25) is 0 Å². The molecule has 0 aromatic heterocycles. The normalized spacial score (nSPS) is 29.7. The first kappa shape index (κ1) is 13.7. The number of aryl methyl sites for hydroxylation is 2. The van der Waals surface area contributed by atoms with Gasteiger partial charge >= 0.3 is 0 Å². The largest absolute Gasteiger partial charge is 0.300 e. The number of piperidine rings is 1. The molecule has 2 atom stereocenters. The summed E-state index contributed by atoms with van der Waals surface area (Å²) >= 11 is 0. The van der Waals surface area contributed by atoms with Crippen molar-refractivity contribution < 1.29 is 9.18 Å². The average Bonchev–Trinajstić information content (AvgIpc) is 2.61. The summed E-state index contributed by atoms with van der Waals surface area (Å²) in [5, 5.41) is 0. The van der Waals surface area contributed by atoms with Crippen molar-refractivity contribution in [1.29, 1.82) is 0 Å². The Balaban J connectivity index is 1.87. The standard InChI is InChI=1S/C17H22FNO/c1-10-6-11(2)16(15(18)7-10)17(20)12-8-13-4-5-14(9-12)19(13)3/h6-7,12-14H,4-5,8-9H2,1-3H3. The third kappa shape index (κ3) is 2.18. The highest BCUT2D eigenvalue weighted by atomic mass is 19.1. The molecule has 2 saturated heterocycles. The lowest BCUT2D eigenvalue weighted by molar-refractivity contribution is 0.0762. The summed E-state index contributed by atoms with van der Waals surface area (Å²) in [7, 11) is 2.15. The van der Waals surface area contributed by atoms with Gasteiger partial charge in [-0.3, -0.25) is 4.79 Å². The van der Waals surface area contributed by atoms with Crippen LogP contribution in [0.3, 0.4) is 0 Å². The molecule has 3 rings (SSSR count). The van der Waals surface area contributed by atoms with Crippen LogP contribution in [0.25, 0.3) is 0 Å². The van der Waals surface area contributed by atoms with Crippen molar-refractivity contribution in [2.24, 2.45) is 5.92 Å². The summed E-state index contributed by atoms with van der Waals surface area (Å²) in [5.74, 6) is -0.330. The summed E-state index contributed by atoms with van der Waals surface area (Å²) < 4.78 is 14.2. The van der Waals surface area contributed by atoms with E-state index in [1.807, 2.05) is 19.9 Å². The lowest BCUT2D eigenvalue weighted by Gasteiger charge is -2.35. The van der Waals surface area contributed by atoms with E-state index in [0.29, 0.717) is 17.6 Å². The first-order valence-electron chi connectivity index (χ1n) is 7.50. The van der Waals surface area contributed by atoms with Crippen LogP contribution < -0.4 is 0 Å². The molecule has 0 aliphatic carbocycles. The molecule has 2 heterocycles. The predicted octanol–water partition coefficient (Wildman–Crippen LogP) is 3.50. The van der Waals surface area contributed by atoms with Crippen LogP contribution in [-0.4, -0.2) is 29.8 Å². The lowest BCUT2D eigenvalue weighted by Crippen LogP contribution is -2.42. The zero-order valence-electron chi connectivity index (χ0n) is 12.4. The Labute approximate surface area is 120 Å². The van der Waals surface area contributed by atoms with E-state index < -0.39 is 0 Å². The van der Waals surface area contributed by atoms with Crippen molar-refractivity contribution in [3.8, 4) is 0 Å². The van der Waals surface area contributed by atoms with Crippen molar-refractivity contribution in [3.05, 3.63) is 34.6 Å². The number of hydrogen-bond acceptors (Lipinski definition) is 2. The first-order valence-corrected chi connectivity index (χ1v) is 7.50. The maximum Gasteiger partial charge on any atom is 0.169 e. The Morgan fingerprint density at radius 2 is 1.80 bits per heavy atom. The SMILES string of the molecule is Cc1cc(C)c(C(=O)C2CC3CCC(C2)N3C)c(F)c1. The Bertz CT molecular complexity index is 517. The molecular formula is C17H22FNO. The van der Waals surface area contributed by atoms with Crippen LogP contribution in [0.1, 0.15) is 47.2 Å². The van der Waals surface area contributed by atoms with Crippen LogP contribution in [-0.2, 0) is 0 Å². The van der Waals surface area contributed by atoms with E-state index >= 15 is 0 Å². The highest BCUT2D eigenvalue weighted by Gasteiger charge is 2.41. The van der Waals surface area contributed by atoms with Gasteiger partial charge < -0.3 is 4.90 Å². The van der Waals surface area contributed by atoms with E-state index in [4.69, 9.17) is 0 Å². The zero-order chi connectivity index (χ0) is 14.4. The minimum atomic E-state index is -0.348. The van der Waals surface area contributed by atoms with Gasteiger partial charge in [-0.2, -0.15) is 0 Å². The van der Waals surface area contributed by atoms with E-state index in [2.05, 4.69) is 11.9 Å². The fraction of sp³-hybridized carbons (Fsp3) is 0.588. The smallest absolute Gasteiger partial charge is 0.169 e. The highest BCUT2D eigenvalue weighted by Crippen LogP contribution is 2.39. The van der Waals surface area contributed by atoms with Crippen molar-refractivity contribution in [2.45, 2.75) is 51.6 Å². The molecule has 2 unspecified atom stereocenters. The number of hydrogen-bond donors (Lipinski definition) is 0. The minimum absolute atomic E-state index is 0.000365. The van der Waals surface area contributed by atoms with E-state index in [1.165, 1.54) is 18.9 Å². The van der Waals surface area contributed by atoms with Crippen LogP contribution in [0.15, 0.2) is 12.1 Å². The first-order chi connectivity index (χ1) is 9.47. The summed E-state index contributed by atoms with van der Waals surface area (Å²) in [5.41, 5.74) is 1.98. The summed E-state index contributed by atoms with van der Waals surface area (Å²) in [6.07, 6.45) is 4.14. The molecule has 1 aromatic rings. The molecule has 2 fully saturated rings. The van der Waals surface area contributed by atoms with E-state index in [9.17, 15) is 9.18 Å². The monoisotopic (exact) mass is 275 g/mol. The molecule has 1 aromatic carbocycles. The number of fused-ring (bicyclic) bond motifs is 2. The van der Waals surface area contributed by atoms with Gasteiger partial charge in [0.1, 0.15) is 5.82 Å². The van der Waals surface area contributed by atoms with Crippen LogP contribution in [0.4, 0.5) is 4.39 Å². The second-order valence-corrected chi connectivity index (χ2v) is 6.52. The van der Waals surface area contributed by atoms with E-state index in [-0.39, 0.29) is 17.5 Å². The number of benzene rings is 1. The van der Waals surface area contributed by atoms with Crippen molar-refractivity contribution in [3.63, 3.8) is 0 Å². The van der Waals surface area contributed by atoms with Crippen molar-refractivity contribution in [1.82, 2.24) is 4.90 Å². The molecule has 2 aliphatic rings. The number of Topliss-reactive ketones (excluding diaryl/α,β-unsaturated/α-hetero) is 1. The number of carbonyl (C=O) groups excluding carboxylic acids is 1. The fourth-order valence-corrected chi connectivity index (χ4v) is 4.06. The molecule has 2 aliphatic heterocycles. The molecule has 3 heteroatoms. The van der Waals surface area contributed by atoms with Gasteiger partial charge in [-0.1, -0.05) is 6.07 Å². The van der Waals surface area contributed by atoms with Crippen molar-refractivity contribution in [2.75, 3.05) is 7.05 Å². The lowest BCUT2D eigenvalue weighted by atomic mass is 9.83. The Morgan fingerprint density at radius 3 is 2.35 bits per heavy atom. The second-order valence-electron chi connectivity index (χ2n) is 6.52. The van der Waals surface area contributed by atoms with E-state index in [0.717, 1.165) is 24.0 Å². The Morgan fingerprint density at radius 1 is 1.20 bits per heavy atom. The molecule has 20 heavy (non-hydrogen) atoms. The van der Waals surface area contributed by atoms with Crippen LogP contribution in [0, 0.1) is 25.6 Å². The third-order valence-electron chi connectivity index (χ3n) is 5.15. The topological polar surface area (TPSA) is 20.3 Å². The van der Waals surface area contributed by atoms with Gasteiger partial charge in [0.15, 0.2) is 5.78 Å². The average molecular weight is 275 g/mol. The second kappa shape index (κ2) is 4.96.